The van der Waals surface area contributed by atoms with Crippen LogP contribution in [0.2, 0.25) is 0 Å². The Morgan fingerprint density at radius 1 is 1.73 bits per heavy atom. The van der Waals surface area contributed by atoms with E-state index in [1.54, 1.807) is 0 Å². The molecule has 0 spiro atoms. The molecule has 84 valence electrons. The third-order valence-corrected chi connectivity index (χ3v) is 3.47. The number of amidine groups is 1. The third kappa shape index (κ3) is 1.62. The van der Waals surface area contributed by atoms with E-state index in [1.165, 1.54) is 7.11 Å². The second-order valence-electron chi connectivity index (χ2n) is 4.44. The van der Waals surface area contributed by atoms with Crippen LogP contribution in [0.25, 0.3) is 0 Å². The molecule has 0 amide bonds. The average Bonchev–Trinajstić information content (AvgIpc) is 2.73. The number of likely N-dealkylation sites (tertiary alicyclic amines) is 1. The zero-order valence-electron chi connectivity index (χ0n) is 9.62. The van der Waals surface area contributed by atoms with Crippen LogP contribution in [0, 0.1) is 0 Å². The summed E-state index contributed by atoms with van der Waals surface area (Å²) in [5.41, 5.74) is -0.00336. The average molecular weight is 210 g/mol. The van der Waals surface area contributed by atoms with Crippen LogP contribution < -0.4 is 0 Å². The summed E-state index contributed by atoms with van der Waals surface area (Å²) in [4.78, 5) is 18.1. The smallest absolute Gasteiger partial charge is 0.328 e. The van der Waals surface area contributed by atoms with Crippen molar-refractivity contribution in [2.24, 2.45) is 4.99 Å². The fourth-order valence-corrected chi connectivity index (χ4v) is 2.22. The number of aliphatic imine (C=N–C) groups is 1. The molecule has 15 heavy (non-hydrogen) atoms. The molecule has 0 bridgehead atoms. The highest BCUT2D eigenvalue weighted by molar-refractivity contribution is 6.04. The summed E-state index contributed by atoms with van der Waals surface area (Å²) in [7, 11) is 1.45. The Morgan fingerprint density at radius 3 is 3.00 bits per heavy atom. The molecule has 2 aliphatic rings. The third-order valence-electron chi connectivity index (χ3n) is 3.47. The van der Waals surface area contributed by atoms with Crippen molar-refractivity contribution in [3.63, 3.8) is 0 Å². The molecule has 2 rings (SSSR count). The summed E-state index contributed by atoms with van der Waals surface area (Å²) < 4.78 is 4.81. The molecule has 4 nitrogen and oxygen atoms in total. The van der Waals surface area contributed by atoms with Crippen molar-refractivity contribution in [2.75, 3.05) is 13.7 Å². The van der Waals surface area contributed by atoms with Crippen molar-refractivity contribution >= 4 is 11.8 Å². The molecule has 4 heteroatoms. The van der Waals surface area contributed by atoms with Crippen molar-refractivity contribution in [3.8, 4) is 0 Å². The maximum Gasteiger partial charge on any atom is 0.328 e. The summed E-state index contributed by atoms with van der Waals surface area (Å²) in [5, 5.41) is 0. The van der Waals surface area contributed by atoms with Crippen molar-refractivity contribution in [2.45, 2.75) is 44.7 Å². The monoisotopic (exact) mass is 210 g/mol. The van der Waals surface area contributed by atoms with Gasteiger partial charge in [0, 0.05) is 6.54 Å². The van der Waals surface area contributed by atoms with Gasteiger partial charge in [-0.05, 0) is 26.2 Å². The van der Waals surface area contributed by atoms with Gasteiger partial charge >= 0.3 is 5.97 Å². The molecule has 0 aromatic heterocycles. The van der Waals surface area contributed by atoms with E-state index in [-0.39, 0.29) is 17.6 Å². The van der Waals surface area contributed by atoms with Gasteiger partial charge in [0.2, 0.25) is 0 Å². The Kier molecular flexibility index (Phi) is 2.44. The van der Waals surface area contributed by atoms with Crippen molar-refractivity contribution in [3.05, 3.63) is 0 Å². The van der Waals surface area contributed by atoms with E-state index in [0.29, 0.717) is 0 Å². The molecule has 2 aliphatic heterocycles. The molecule has 0 N–H and O–H groups in total. The summed E-state index contributed by atoms with van der Waals surface area (Å²) in [6.07, 6.45) is 2.96. The fourth-order valence-electron chi connectivity index (χ4n) is 2.22. The van der Waals surface area contributed by atoms with E-state index < -0.39 is 0 Å². The molecule has 2 atom stereocenters. The normalized spacial score (nSPS) is 33.9. The number of hydrogen-bond acceptors (Lipinski definition) is 4. The van der Waals surface area contributed by atoms with Crippen molar-refractivity contribution in [1.82, 2.24) is 4.90 Å². The molecular weight excluding hydrogens is 192 g/mol. The van der Waals surface area contributed by atoms with Gasteiger partial charge in [0.15, 0.2) is 0 Å². The second kappa shape index (κ2) is 3.51. The SMILES string of the molecule is CCC1(C)N=C1N1CCC[C@H]1C(=O)OC. The van der Waals surface area contributed by atoms with Gasteiger partial charge in [0.25, 0.3) is 0 Å². The Hall–Kier alpha value is -1.06. The van der Waals surface area contributed by atoms with Crippen LogP contribution in [-0.2, 0) is 9.53 Å². The standard InChI is InChI=1S/C11H18N2O2/c1-4-11(2)10(12-11)13-7-5-6-8(13)9(14)15-3/h8H,4-7H2,1-3H3/t8-,11?/m0/s1. The minimum absolute atomic E-state index is 0.00336. The molecule has 0 aromatic carbocycles. The van der Waals surface area contributed by atoms with E-state index in [9.17, 15) is 4.79 Å². The van der Waals surface area contributed by atoms with Crippen LogP contribution in [0.1, 0.15) is 33.1 Å². The number of rotatable bonds is 2. The lowest BCUT2D eigenvalue weighted by Gasteiger charge is -2.22. The van der Waals surface area contributed by atoms with E-state index in [4.69, 9.17) is 4.74 Å². The first kappa shape index (κ1) is 10.5. The first-order valence-corrected chi connectivity index (χ1v) is 5.57. The van der Waals surface area contributed by atoms with Gasteiger partial charge in [-0.1, -0.05) is 6.92 Å². The van der Waals surface area contributed by atoms with Gasteiger partial charge in [-0.3, -0.25) is 4.99 Å². The van der Waals surface area contributed by atoms with E-state index in [2.05, 4.69) is 23.7 Å². The van der Waals surface area contributed by atoms with Crippen LogP contribution >= 0.6 is 0 Å². The predicted octanol–water partition coefficient (Wildman–Crippen LogP) is 1.20. The highest BCUT2D eigenvalue weighted by atomic mass is 16.5. The Bertz CT molecular complexity index is 314. The maximum atomic E-state index is 11.5. The first-order chi connectivity index (χ1) is 7.12. The number of esters is 1. The maximum absolute atomic E-state index is 11.5. The summed E-state index contributed by atoms with van der Waals surface area (Å²) in [5.74, 6) is 0.971. The molecule has 1 saturated heterocycles. The number of carbonyl (C=O) groups excluding carboxylic acids is 1. The predicted molar refractivity (Wildman–Crippen MR) is 57.9 cm³/mol. The topological polar surface area (TPSA) is 41.9 Å². The number of methoxy groups -OCH3 is 1. The molecule has 0 aliphatic carbocycles. The van der Waals surface area contributed by atoms with E-state index >= 15 is 0 Å². The quantitative estimate of drug-likeness (QED) is 0.643. The minimum Gasteiger partial charge on any atom is -0.467 e. The van der Waals surface area contributed by atoms with Gasteiger partial charge in [0.1, 0.15) is 17.4 Å². The number of hydrogen-bond donors (Lipinski definition) is 0. The highest BCUT2D eigenvalue weighted by Crippen LogP contribution is 2.36. The molecule has 1 unspecified atom stereocenters. The molecule has 0 radical (unpaired) electrons. The van der Waals surface area contributed by atoms with Gasteiger partial charge in [-0.25, -0.2) is 4.79 Å². The lowest BCUT2D eigenvalue weighted by Crippen LogP contribution is -2.41. The first-order valence-electron chi connectivity index (χ1n) is 5.57. The van der Waals surface area contributed by atoms with Crippen molar-refractivity contribution < 1.29 is 9.53 Å². The van der Waals surface area contributed by atoms with Gasteiger partial charge in [-0.15, -0.1) is 0 Å². The zero-order valence-corrected chi connectivity index (χ0v) is 9.62. The molecule has 0 aromatic rings. The molecule has 2 heterocycles. The molecule has 1 fully saturated rings. The summed E-state index contributed by atoms with van der Waals surface area (Å²) >= 11 is 0. The lowest BCUT2D eigenvalue weighted by atomic mass is 10.1. The van der Waals surface area contributed by atoms with Gasteiger partial charge in [0.05, 0.1) is 7.11 Å². The second-order valence-corrected chi connectivity index (χ2v) is 4.44. The van der Waals surface area contributed by atoms with Crippen LogP contribution in [0.3, 0.4) is 0 Å². The number of carbonyl (C=O) groups is 1. The largest absolute Gasteiger partial charge is 0.467 e. The van der Waals surface area contributed by atoms with E-state index in [0.717, 1.165) is 31.6 Å². The molecular formula is C11H18N2O2. The number of ether oxygens (including phenoxy) is 1. The van der Waals surface area contributed by atoms with Crippen LogP contribution in [0.5, 0.6) is 0 Å². The number of nitrogens with zero attached hydrogens (tertiary/aromatic N) is 2. The van der Waals surface area contributed by atoms with E-state index in [1.807, 2.05) is 0 Å². The Balaban J connectivity index is 2.04. The summed E-state index contributed by atoms with van der Waals surface area (Å²) in [6.45, 7) is 5.18. The van der Waals surface area contributed by atoms with Crippen LogP contribution in [0.4, 0.5) is 0 Å². The van der Waals surface area contributed by atoms with Crippen LogP contribution in [0.15, 0.2) is 4.99 Å². The van der Waals surface area contributed by atoms with Gasteiger partial charge in [-0.2, -0.15) is 0 Å². The fraction of sp³-hybridized carbons (Fsp3) is 0.818. The Labute approximate surface area is 90.3 Å². The van der Waals surface area contributed by atoms with Crippen molar-refractivity contribution in [1.29, 1.82) is 0 Å². The molecule has 0 saturated carbocycles. The minimum atomic E-state index is -0.124. The summed E-state index contributed by atoms with van der Waals surface area (Å²) in [6, 6.07) is -0.0953. The van der Waals surface area contributed by atoms with Crippen LogP contribution in [-0.4, -0.2) is 41.9 Å². The lowest BCUT2D eigenvalue weighted by molar-refractivity contribution is -0.144. The zero-order chi connectivity index (χ0) is 11.1. The highest BCUT2D eigenvalue weighted by Gasteiger charge is 2.48. The Morgan fingerprint density at radius 2 is 2.47 bits per heavy atom. The van der Waals surface area contributed by atoms with Gasteiger partial charge < -0.3 is 9.64 Å².